The number of likely N-dealkylation sites (N-methyl/N-ethyl adjacent to an activating group) is 1. The summed E-state index contributed by atoms with van der Waals surface area (Å²) in [6.07, 6.45) is 3.28. The van der Waals surface area contributed by atoms with Gasteiger partial charge in [-0.1, -0.05) is 0 Å². The average Bonchev–Trinajstić information content (AvgIpc) is 3.36. The number of likely N-dealkylation sites (tertiary alicyclic amines) is 1. The molecule has 134 valence electrons. The largest absolute Gasteiger partial charge is 0.356 e. The van der Waals surface area contributed by atoms with Crippen LogP contribution in [0.2, 0.25) is 0 Å². The highest BCUT2D eigenvalue weighted by Crippen LogP contribution is 2.29. The molecular weight excluding hydrogens is 302 g/mol. The number of aromatic nitrogens is 2. The fraction of sp³-hybridized carbons (Fsp3) is 0.778. The predicted molar refractivity (Wildman–Crippen MR) is 94.7 cm³/mol. The Morgan fingerprint density at radius 1 is 1.33 bits per heavy atom. The molecule has 0 unspecified atom stereocenters. The Hall–Kier alpha value is -1.40. The maximum atomic E-state index is 11.9. The number of nitrogens with one attached hydrogen (secondary N) is 2. The molecule has 2 aliphatic rings. The molecule has 2 heterocycles. The summed E-state index contributed by atoms with van der Waals surface area (Å²) in [5, 5.41) is 10.6. The van der Waals surface area contributed by atoms with Crippen molar-refractivity contribution in [3.8, 4) is 0 Å². The normalized spacial score (nSPS) is 25.2. The van der Waals surface area contributed by atoms with Gasteiger partial charge in [0.25, 0.3) is 0 Å². The van der Waals surface area contributed by atoms with Crippen molar-refractivity contribution >= 4 is 5.91 Å². The van der Waals surface area contributed by atoms with E-state index in [1.807, 2.05) is 0 Å². The number of carbonyl (C=O) groups is 1. The Morgan fingerprint density at radius 3 is 2.67 bits per heavy atom. The molecule has 2 N–H and O–H groups in total. The SMILES string of the molecule is Cc1n[nH]c(C)c1CN1CC[C@H](CNC(=O)C2CC2)[C@H](N(C)C)C1. The molecule has 1 saturated carbocycles. The van der Waals surface area contributed by atoms with Crippen LogP contribution >= 0.6 is 0 Å². The molecule has 6 nitrogen and oxygen atoms in total. The monoisotopic (exact) mass is 333 g/mol. The molecule has 1 saturated heterocycles. The lowest BCUT2D eigenvalue weighted by molar-refractivity contribution is -0.122. The first-order chi connectivity index (χ1) is 11.5. The fourth-order valence-electron chi connectivity index (χ4n) is 3.76. The molecule has 0 aromatic carbocycles. The molecule has 0 radical (unpaired) electrons. The van der Waals surface area contributed by atoms with Crippen LogP contribution in [-0.2, 0) is 11.3 Å². The molecule has 6 heteroatoms. The van der Waals surface area contributed by atoms with Crippen LogP contribution in [0.3, 0.4) is 0 Å². The van der Waals surface area contributed by atoms with Crippen molar-refractivity contribution in [2.45, 2.75) is 45.7 Å². The first kappa shape index (κ1) is 17.4. The van der Waals surface area contributed by atoms with Crippen molar-refractivity contribution in [1.82, 2.24) is 25.3 Å². The van der Waals surface area contributed by atoms with Crippen LogP contribution in [0.15, 0.2) is 0 Å². The van der Waals surface area contributed by atoms with Crippen molar-refractivity contribution in [2.75, 3.05) is 33.7 Å². The molecular formula is C18H31N5O. The van der Waals surface area contributed by atoms with E-state index in [2.05, 4.69) is 53.3 Å². The first-order valence-corrected chi connectivity index (χ1v) is 9.12. The number of nitrogens with zero attached hydrogens (tertiary/aromatic N) is 3. The van der Waals surface area contributed by atoms with E-state index < -0.39 is 0 Å². The third-order valence-corrected chi connectivity index (χ3v) is 5.62. The van der Waals surface area contributed by atoms with Gasteiger partial charge in [0.15, 0.2) is 0 Å². The Morgan fingerprint density at radius 2 is 2.08 bits per heavy atom. The summed E-state index contributed by atoms with van der Waals surface area (Å²) in [5.41, 5.74) is 3.61. The summed E-state index contributed by atoms with van der Waals surface area (Å²) in [6, 6.07) is 0.478. The molecule has 1 aliphatic heterocycles. The molecule has 1 aliphatic carbocycles. The van der Waals surface area contributed by atoms with Gasteiger partial charge in [-0.25, -0.2) is 0 Å². The van der Waals surface area contributed by atoms with Crippen LogP contribution in [0, 0.1) is 25.7 Å². The average molecular weight is 333 g/mol. The number of carbonyl (C=O) groups excluding carboxylic acids is 1. The van der Waals surface area contributed by atoms with Gasteiger partial charge in [0.2, 0.25) is 5.91 Å². The molecule has 1 amide bonds. The fourth-order valence-corrected chi connectivity index (χ4v) is 3.76. The van der Waals surface area contributed by atoms with Crippen LogP contribution in [-0.4, -0.2) is 65.7 Å². The van der Waals surface area contributed by atoms with Gasteiger partial charge in [0.05, 0.1) is 5.69 Å². The summed E-state index contributed by atoms with van der Waals surface area (Å²) in [6.45, 7) is 8.07. The predicted octanol–water partition coefficient (Wildman–Crippen LogP) is 1.30. The second-order valence-electron chi connectivity index (χ2n) is 7.75. The molecule has 24 heavy (non-hydrogen) atoms. The van der Waals surface area contributed by atoms with Gasteiger partial charge < -0.3 is 10.2 Å². The number of amides is 1. The van der Waals surface area contributed by atoms with Crippen molar-refractivity contribution < 1.29 is 4.79 Å². The van der Waals surface area contributed by atoms with Gasteiger partial charge in [-0.2, -0.15) is 5.10 Å². The number of piperidine rings is 1. The number of hydrogen-bond acceptors (Lipinski definition) is 4. The number of aryl methyl sites for hydroxylation is 2. The van der Waals surface area contributed by atoms with Crippen LogP contribution in [0.1, 0.15) is 36.2 Å². The smallest absolute Gasteiger partial charge is 0.223 e. The van der Waals surface area contributed by atoms with Crippen molar-refractivity contribution in [1.29, 1.82) is 0 Å². The topological polar surface area (TPSA) is 64.3 Å². The number of H-pyrrole nitrogens is 1. The minimum absolute atomic E-state index is 0.264. The molecule has 3 rings (SSSR count). The van der Waals surface area contributed by atoms with Crippen molar-refractivity contribution in [2.24, 2.45) is 11.8 Å². The summed E-state index contributed by atoms with van der Waals surface area (Å²) in [7, 11) is 4.30. The minimum atomic E-state index is 0.264. The quantitative estimate of drug-likeness (QED) is 0.824. The lowest BCUT2D eigenvalue weighted by atomic mass is 9.90. The maximum Gasteiger partial charge on any atom is 0.223 e. The zero-order valence-corrected chi connectivity index (χ0v) is 15.4. The second kappa shape index (κ2) is 7.23. The van der Waals surface area contributed by atoms with E-state index in [-0.39, 0.29) is 5.91 Å². The third kappa shape index (κ3) is 3.98. The van der Waals surface area contributed by atoms with E-state index in [1.54, 1.807) is 0 Å². The Balaban J connectivity index is 1.57. The first-order valence-electron chi connectivity index (χ1n) is 9.12. The summed E-state index contributed by atoms with van der Waals surface area (Å²) in [5.74, 6) is 1.10. The molecule has 0 bridgehead atoms. The Bertz CT molecular complexity index is 558. The van der Waals surface area contributed by atoms with Gasteiger partial charge in [-0.05, 0) is 59.7 Å². The van der Waals surface area contributed by atoms with Crippen LogP contribution in [0.25, 0.3) is 0 Å². The third-order valence-electron chi connectivity index (χ3n) is 5.62. The molecule has 0 spiro atoms. The van der Waals surface area contributed by atoms with Gasteiger partial charge in [0, 0.05) is 42.9 Å². The highest BCUT2D eigenvalue weighted by Gasteiger charge is 2.33. The van der Waals surface area contributed by atoms with Gasteiger partial charge in [-0.3, -0.25) is 14.8 Å². The van der Waals surface area contributed by atoms with Crippen LogP contribution < -0.4 is 5.32 Å². The van der Waals surface area contributed by atoms with E-state index in [0.29, 0.717) is 17.9 Å². The van der Waals surface area contributed by atoms with Crippen LogP contribution in [0.5, 0.6) is 0 Å². The Kier molecular flexibility index (Phi) is 5.25. The minimum Gasteiger partial charge on any atom is -0.356 e. The number of hydrogen-bond donors (Lipinski definition) is 2. The van der Waals surface area contributed by atoms with Gasteiger partial charge in [0.1, 0.15) is 0 Å². The van der Waals surface area contributed by atoms with Crippen molar-refractivity contribution in [3.63, 3.8) is 0 Å². The highest BCUT2D eigenvalue weighted by atomic mass is 16.2. The summed E-state index contributed by atoms with van der Waals surface area (Å²) in [4.78, 5) is 16.8. The van der Waals surface area contributed by atoms with E-state index in [1.165, 1.54) is 11.3 Å². The van der Waals surface area contributed by atoms with Crippen LogP contribution in [0.4, 0.5) is 0 Å². The van der Waals surface area contributed by atoms with E-state index in [0.717, 1.165) is 51.1 Å². The number of aromatic amines is 1. The van der Waals surface area contributed by atoms with Gasteiger partial charge >= 0.3 is 0 Å². The maximum absolute atomic E-state index is 11.9. The molecule has 2 atom stereocenters. The van der Waals surface area contributed by atoms with Crippen molar-refractivity contribution in [3.05, 3.63) is 17.0 Å². The van der Waals surface area contributed by atoms with E-state index in [9.17, 15) is 4.79 Å². The van der Waals surface area contributed by atoms with Gasteiger partial charge in [-0.15, -0.1) is 0 Å². The summed E-state index contributed by atoms with van der Waals surface area (Å²) >= 11 is 0. The molecule has 1 aromatic rings. The second-order valence-corrected chi connectivity index (χ2v) is 7.75. The molecule has 1 aromatic heterocycles. The summed E-state index contributed by atoms with van der Waals surface area (Å²) < 4.78 is 0. The molecule has 2 fully saturated rings. The lowest BCUT2D eigenvalue weighted by Crippen LogP contribution is -2.53. The standard InChI is InChI=1S/C18H31N5O/c1-12-16(13(2)21-20-12)10-23-8-7-15(17(11-23)22(3)4)9-19-18(24)14-5-6-14/h14-15,17H,5-11H2,1-4H3,(H,19,24)(H,20,21)/t15-,17-/m1/s1. The lowest BCUT2D eigenvalue weighted by Gasteiger charge is -2.42. The zero-order chi connectivity index (χ0) is 17.3. The Labute approximate surface area is 145 Å². The highest BCUT2D eigenvalue weighted by molar-refractivity contribution is 5.80. The zero-order valence-electron chi connectivity index (χ0n) is 15.4. The van der Waals surface area contributed by atoms with E-state index in [4.69, 9.17) is 0 Å². The van der Waals surface area contributed by atoms with E-state index >= 15 is 0 Å². The number of rotatable bonds is 6.